The number of unbranched alkanes of at least 4 members (excludes halogenated alkanes) is 2. The fourth-order valence-corrected chi connectivity index (χ4v) is 10.9. The number of benzene rings is 4. The summed E-state index contributed by atoms with van der Waals surface area (Å²) >= 11 is 0. The molecule has 0 radical (unpaired) electrons. The zero-order chi connectivity index (χ0) is 58.9. The number of nitrogens with one attached hydrogen (secondary N) is 3. The van der Waals surface area contributed by atoms with E-state index in [0.29, 0.717) is 59.2 Å². The van der Waals surface area contributed by atoms with Gasteiger partial charge in [0.1, 0.15) is 73.9 Å². The maximum atomic E-state index is 13.6. The first-order valence-corrected chi connectivity index (χ1v) is 27.6. The van der Waals surface area contributed by atoms with Gasteiger partial charge in [-0.3, -0.25) is 19.5 Å². The maximum absolute atomic E-state index is 13.6. The largest absolute Gasteiger partial charge is 0.756 e. The zero-order valence-corrected chi connectivity index (χ0v) is 46.6. The molecule has 442 valence electrons. The lowest BCUT2D eigenvalue weighted by Crippen LogP contribution is -2.61. The predicted octanol–water partition coefficient (Wildman–Crippen LogP) is 2.12. The number of rotatable bonds is 27. The van der Waals surface area contributed by atoms with Crippen LogP contribution in [0.4, 0.5) is 10.5 Å². The van der Waals surface area contributed by atoms with Gasteiger partial charge in [0.2, 0.25) is 12.2 Å². The molecule has 0 bridgehead atoms. The van der Waals surface area contributed by atoms with Crippen LogP contribution >= 0.6 is 7.82 Å². The molecular formula is C55H71N4O21P. The lowest BCUT2D eigenvalue weighted by molar-refractivity contribution is -0.870. The summed E-state index contributed by atoms with van der Waals surface area (Å²) in [5.41, 5.74) is -1.60. The van der Waals surface area contributed by atoms with Crippen LogP contribution in [0.5, 0.6) is 23.0 Å². The normalized spacial score (nSPS) is 25.5. The summed E-state index contributed by atoms with van der Waals surface area (Å²) in [6.07, 6.45) is -10.1. The topological polar surface area (TPSA) is 349 Å². The first-order valence-electron chi connectivity index (χ1n) is 26.1. The number of hydrogen-bond acceptors (Lipinski definition) is 21. The molecule has 25 nitrogen and oxygen atoms in total. The number of aliphatic hydroxyl groups is 5. The number of hydrogen-bond donors (Lipinski definition) is 9. The van der Waals surface area contributed by atoms with Gasteiger partial charge in [0.25, 0.3) is 7.82 Å². The first kappa shape index (κ1) is 62.2. The standard InChI is InChI=1S/C55H71N4O21P/c1-59(2,3)25-26-76-81(70,71)77-31-56-24-22-41(60)58-37-27-33(16-21-38(37)78-52-47(63)45(61)46(62)48(79-52)50(65)66)30-75-53(68)57-23-12-8-9-13-32-28-39(73-5)44-40(29-32)80-55(35-17-19-36(72-4)20-18-35)43(34-14-10-7-11-15-34)42(51(67)74-6)49(64)54(44,55)69/h7,10-11,14-21,27-29,42-43,45-49,52,56,61-64,69H,8-9,12-13,22-26,30-31H2,1-6H3,(H3-,57,58,60,65,66,68,70,71)/t42-,43-,45+,46+,47-,48+,49-,52?,54+,55+/m1/s1. The summed E-state index contributed by atoms with van der Waals surface area (Å²) in [6.45, 7) is -0.340. The number of ether oxygens (including phenoxy) is 7. The Kier molecular flexibility index (Phi) is 20.4. The summed E-state index contributed by atoms with van der Waals surface area (Å²) < 4.78 is 62.2. The molecule has 3 aliphatic rings. The Hall–Kier alpha value is -6.45. The molecule has 81 heavy (non-hydrogen) atoms. The van der Waals surface area contributed by atoms with Crippen LogP contribution in [0.2, 0.25) is 0 Å². The molecule has 11 atom stereocenters. The number of anilines is 1. The summed E-state index contributed by atoms with van der Waals surface area (Å²) in [7, 11) is 5.15. The summed E-state index contributed by atoms with van der Waals surface area (Å²) in [5, 5.41) is 74.1. The van der Waals surface area contributed by atoms with Crippen molar-refractivity contribution in [2.45, 2.75) is 92.6 Å². The van der Waals surface area contributed by atoms with Crippen molar-refractivity contribution < 1.29 is 106 Å². The first-order chi connectivity index (χ1) is 38.5. The van der Waals surface area contributed by atoms with E-state index in [1.165, 1.54) is 39.5 Å². The van der Waals surface area contributed by atoms with E-state index in [1.54, 1.807) is 48.5 Å². The molecule has 2 fully saturated rings. The number of alkyl carbamates (subject to hydrolysis) is 1. The minimum absolute atomic E-state index is 0.0556. The molecule has 2 unspecified atom stereocenters. The lowest BCUT2D eigenvalue weighted by atomic mass is 9.70. The number of aliphatic carboxylic acids is 1. The van der Waals surface area contributed by atoms with Crippen molar-refractivity contribution >= 4 is 37.4 Å². The average Bonchev–Trinajstić information content (AvgIpc) is 3.81. The summed E-state index contributed by atoms with van der Waals surface area (Å²) in [4.78, 5) is 63.5. The van der Waals surface area contributed by atoms with Gasteiger partial charge in [-0.1, -0.05) is 55.0 Å². The Morgan fingerprint density at radius 2 is 1.54 bits per heavy atom. The lowest BCUT2D eigenvalue weighted by Gasteiger charge is -2.40. The number of quaternary nitrogens is 1. The number of carboxylic acids is 1. The van der Waals surface area contributed by atoms with Gasteiger partial charge >= 0.3 is 18.0 Å². The van der Waals surface area contributed by atoms with Crippen molar-refractivity contribution in [3.05, 3.63) is 113 Å². The molecule has 4 aromatic rings. The fraction of sp³-hybridized carbons (Fsp3) is 0.491. The van der Waals surface area contributed by atoms with Crippen LogP contribution in [-0.4, -0.2) is 171 Å². The Balaban J connectivity index is 0.960. The molecule has 1 saturated heterocycles. The van der Waals surface area contributed by atoms with Crippen LogP contribution in [0.1, 0.15) is 59.4 Å². The molecule has 4 aromatic carbocycles. The molecule has 2 amide bonds. The molecule has 9 N–H and O–H groups in total. The van der Waals surface area contributed by atoms with Gasteiger partial charge in [0, 0.05) is 25.4 Å². The van der Waals surface area contributed by atoms with Gasteiger partial charge in [-0.25, -0.2) is 9.59 Å². The van der Waals surface area contributed by atoms with E-state index < -0.39 is 98.3 Å². The number of fused-ring (bicyclic) bond motifs is 3. The number of aliphatic hydroxyl groups excluding tert-OH is 4. The predicted molar refractivity (Wildman–Crippen MR) is 284 cm³/mol. The van der Waals surface area contributed by atoms with Gasteiger partial charge in [-0.05, 0) is 77.9 Å². The van der Waals surface area contributed by atoms with Crippen LogP contribution in [0.25, 0.3) is 0 Å². The van der Waals surface area contributed by atoms with E-state index in [-0.39, 0.29) is 61.2 Å². The second kappa shape index (κ2) is 26.6. The number of carboxylic acid groups (broad SMARTS) is 1. The number of phosphoric ester groups is 1. The Morgan fingerprint density at radius 1 is 0.815 bits per heavy atom. The van der Waals surface area contributed by atoms with Crippen LogP contribution in [0, 0.1) is 5.92 Å². The van der Waals surface area contributed by atoms with E-state index >= 15 is 0 Å². The fourth-order valence-electron chi connectivity index (χ4n) is 10.2. The van der Waals surface area contributed by atoms with Gasteiger partial charge < -0.3 is 92.9 Å². The van der Waals surface area contributed by atoms with Gasteiger partial charge in [-0.15, -0.1) is 0 Å². The third-order valence-electron chi connectivity index (χ3n) is 14.3. The highest BCUT2D eigenvalue weighted by Crippen LogP contribution is 2.70. The van der Waals surface area contributed by atoms with E-state index in [2.05, 4.69) is 16.0 Å². The molecule has 0 aromatic heterocycles. The molecular weight excluding hydrogens is 1080 g/mol. The second-order valence-corrected chi connectivity index (χ2v) is 22.2. The summed E-state index contributed by atoms with van der Waals surface area (Å²) in [5.74, 6) is -4.33. The Bertz CT molecular complexity index is 2880. The van der Waals surface area contributed by atoms with Gasteiger partial charge in [0.05, 0.1) is 59.6 Å². The Morgan fingerprint density at radius 3 is 2.21 bits per heavy atom. The van der Waals surface area contributed by atoms with Crippen molar-refractivity contribution in [2.24, 2.45) is 5.92 Å². The average molecular weight is 1160 g/mol. The highest BCUT2D eigenvalue weighted by molar-refractivity contribution is 7.45. The molecule has 1 saturated carbocycles. The van der Waals surface area contributed by atoms with Crippen molar-refractivity contribution in [3.63, 3.8) is 0 Å². The minimum atomic E-state index is -4.63. The molecule has 2 heterocycles. The smallest absolute Gasteiger partial charge is 0.407 e. The maximum Gasteiger partial charge on any atom is 0.407 e. The number of likely N-dealkylation sites (N-methyl/N-ethyl adjacent to an activating group) is 1. The van der Waals surface area contributed by atoms with Crippen LogP contribution in [0.15, 0.2) is 84.9 Å². The molecule has 7 rings (SSSR count). The molecule has 0 spiro atoms. The van der Waals surface area contributed by atoms with Crippen LogP contribution in [-0.2, 0) is 66.4 Å². The quantitative estimate of drug-likeness (QED) is 0.0136. The van der Waals surface area contributed by atoms with E-state index in [1.807, 2.05) is 39.3 Å². The van der Waals surface area contributed by atoms with Crippen molar-refractivity contribution in [3.8, 4) is 23.0 Å². The third-order valence-corrected chi connectivity index (χ3v) is 15.2. The second-order valence-electron chi connectivity index (χ2n) is 20.7. The number of aryl methyl sites for hydroxylation is 1. The third kappa shape index (κ3) is 14.1. The van der Waals surface area contributed by atoms with Crippen molar-refractivity contribution in [2.75, 3.05) is 80.8 Å². The number of phosphoric acid groups is 1. The van der Waals surface area contributed by atoms with Gasteiger partial charge in [-0.2, -0.15) is 0 Å². The van der Waals surface area contributed by atoms with Crippen molar-refractivity contribution in [1.82, 2.24) is 10.6 Å². The molecule has 2 aliphatic heterocycles. The zero-order valence-electron chi connectivity index (χ0n) is 45.7. The number of methoxy groups -OCH3 is 3. The van der Waals surface area contributed by atoms with Gasteiger partial charge in [0.15, 0.2) is 17.3 Å². The highest BCUT2D eigenvalue weighted by atomic mass is 31.2. The van der Waals surface area contributed by atoms with Crippen molar-refractivity contribution in [1.29, 1.82) is 0 Å². The minimum Gasteiger partial charge on any atom is -0.756 e. The number of carbonyl (C=O) groups is 4. The monoisotopic (exact) mass is 1150 g/mol. The van der Waals surface area contributed by atoms with E-state index in [4.69, 9.17) is 42.2 Å². The summed E-state index contributed by atoms with van der Waals surface area (Å²) in [6, 6.07) is 23.6. The SMILES string of the molecule is COC(=O)[C@H]1[C@@H](O)[C@@]2(O)c3c(OC)cc(CCCCCNC(=O)OCc4ccc(OC5O[C@H](C(=O)O)[C@@H](O)[C@H](O)[C@H]5O)c(NC(=O)CCNCOP(=O)([O-])OCC[N+](C)(C)C)c4)cc3O[C@@]2(c2ccc(OC)cc2)[C@@H]1c1ccccc1. The number of esters is 1. The molecule has 26 heteroatoms. The number of carbonyl (C=O) groups excluding carboxylic acids is 3. The Labute approximate surface area is 467 Å². The number of nitrogens with zero attached hydrogens (tertiary/aromatic N) is 1. The van der Waals surface area contributed by atoms with Crippen LogP contribution in [0.3, 0.4) is 0 Å². The number of amides is 2. The highest BCUT2D eigenvalue weighted by Gasteiger charge is 2.78. The molecule has 1 aliphatic carbocycles. The van der Waals surface area contributed by atoms with E-state index in [0.717, 1.165) is 5.56 Å². The van der Waals surface area contributed by atoms with E-state index in [9.17, 15) is 59.3 Å². The van der Waals surface area contributed by atoms with Crippen LogP contribution < -0.4 is 39.8 Å².